The van der Waals surface area contributed by atoms with Crippen LogP contribution in [0.25, 0.3) is 224 Å². The van der Waals surface area contributed by atoms with Gasteiger partial charge in [0.15, 0.2) is 23.3 Å². The molecular weight excluding hydrogens is 1510 g/mol. The van der Waals surface area contributed by atoms with E-state index in [1.54, 1.807) is 0 Å². The van der Waals surface area contributed by atoms with E-state index in [1.165, 1.54) is 0 Å². The number of nitrogens with zero attached hydrogens (tertiary/aromatic N) is 16. The summed E-state index contributed by atoms with van der Waals surface area (Å²) < 4.78 is 11.7. The van der Waals surface area contributed by atoms with Gasteiger partial charge in [0.1, 0.15) is 11.0 Å². The van der Waals surface area contributed by atoms with E-state index in [4.69, 9.17) is 49.8 Å². The van der Waals surface area contributed by atoms with E-state index < -0.39 is 0 Å². The van der Waals surface area contributed by atoms with E-state index in [0.717, 1.165) is 110 Å². The van der Waals surface area contributed by atoms with Gasteiger partial charge in [0.25, 0.3) is 11.1 Å². The fourth-order valence-electron chi connectivity index (χ4n) is 17.9. The van der Waals surface area contributed by atoms with E-state index >= 15 is 9.59 Å². The molecule has 10 aromatic heterocycles. The van der Waals surface area contributed by atoms with Gasteiger partial charge in [-0.1, -0.05) is 303 Å². The van der Waals surface area contributed by atoms with Crippen LogP contribution >= 0.6 is 0 Å². The number of rotatable bonds is 13. The molecule has 122 heavy (non-hydrogen) atoms. The summed E-state index contributed by atoms with van der Waals surface area (Å²) in [7, 11) is 0. The van der Waals surface area contributed by atoms with Crippen molar-refractivity contribution in [2.45, 2.75) is 0 Å². The summed E-state index contributed by atoms with van der Waals surface area (Å²) in [6.45, 7) is 0. The lowest BCUT2D eigenvalue weighted by Crippen LogP contribution is -2.22. The second-order valence-corrected chi connectivity index (χ2v) is 30.2. The zero-order valence-electron chi connectivity index (χ0n) is 64.8. The van der Waals surface area contributed by atoms with Crippen LogP contribution in [0.3, 0.4) is 0 Å². The molecular formula is C104H62N16O2. The van der Waals surface area contributed by atoms with Gasteiger partial charge in [0.2, 0.25) is 23.8 Å². The van der Waals surface area contributed by atoms with Gasteiger partial charge in [-0.05, 0) is 83.9 Å². The quantitative estimate of drug-likeness (QED) is 0.106. The van der Waals surface area contributed by atoms with Crippen LogP contribution in [0, 0.1) is 0 Å². The fourth-order valence-corrected chi connectivity index (χ4v) is 17.9. The highest BCUT2D eigenvalue weighted by Gasteiger charge is 2.33. The molecule has 18 heteroatoms. The molecule has 0 radical (unpaired) electrons. The lowest BCUT2D eigenvalue weighted by Gasteiger charge is -2.15. The lowest BCUT2D eigenvalue weighted by atomic mass is 9.98. The summed E-state index contributed by atoms with van der Waals surface area (Å²) in [6.07, 6.45) is 0. The predicted octanol–water partition coefficient (Wildman–Crippen LogP) is 22.3. The van der Waals surface area contributed by atoms with Crippen molar-refractivity contribution in [1.82, 2.24) is 77.2 Å². The molecule has 570 valence electrons. The third-order valence-electron chi connectivity index (χ3n) is 23.2. The maximum absolute atomic E-state index is 16.6. The normalized spacial score (nSPS) is 11.8. The molecule has 0 aliphatic heterocycles. The summed E-state index contributed by atoms with van der Waals surface area (Å²) in [5.74, 6) is 3.07. The molecule has 10 heterocycles. The first-order valence-corrected chi connectivity index (χ1v) is 40.2. The number of para-hydroxylation sites is 8. The maximum Gasteiger partial charge on any atom is 0.280 e. The third-order valence-corrected chi connectivity index (χ3v) is 23.2. The smallest absolute Gasteiger partial charge is 0.276 e. The van der Waals surface area contributed by atoms with Crippen LogP contribution in [0.5, 0.6) is 0 Å². The first-order valence-electron chi connectivity index (χ1n) is 40.2. The minimum atomic E-state index is -0.289. The minimum absolute atomic E-state index is 0.262. The molecule has 14 aromatic carbocycles. The Kier molecular flexibility index (Phi) is 15.8. The number of hydrogen-bond acceptors (Lipinski definition) is 12. The van der Waals surface area contributed by atoms with Gasteiger partial charge in [0, 0.05) is 87.8 Å². The summed E-state index contributed by atoms with van der Waals surface area (Å²) in [4.78, 5) is 87.5. The molecule has 24 aromatic rings. The van der Waals surface area contributed by atoms with E-state index in [2.05, 4.69) is 100 Å². The zero-order chi connectivity index (χ0) is 80.6. The van der Waals surface area contributed by atoms with Gasteiger partial charge in [-0.15, -0.1) is 0 Å². The number of fused-ring (bicyclic) bond motifs is 16. The Morgan fingerprint density at radius 3 is 0.869 bits per heavy atom. The van der Waals surface area contributed by atoms with Crippen LogP contribution in [-0.4, -0.2) is 77.2 Å². The van der Waals surface area contributed by atoms with Crippen LogP contribution < -0.4 is 11.1 Å². The average molecular weight is 1570 g/mol. The van der Waals surface area contributed by atoms with Gasteiger partial charge in [-0.3, -0.25) is 37.0 Å². The number of benzene rings is 14. The lowest BCUT2D eigenvalue weighted by molar-refractivity contribution is 0.938. The van der Waals surface area contributed by atoms with Crippen molar-refractivity contribution in [1.29, 1.82) is 0 Å². The van der Waals surface area contributed by atoms with E-state index in [0.29, 0.717) is 108 Å². The number of hydrogen-bond donors (Lipinski definition) is 0. The molecule has 18 nitrogen and oxygen atoms in total. The highest BCUT2D eigenvalue weighted by Crippen LogP contribution is 2.46. The van der Waals surface area contributed by atoms with E-state index in [-0.39, 0.29) is 17.1 Å². The van der Waals surface area contributed by atoms with E-state index in [1.807, 2.05) is 303 Å². The van der Waals surface area contributed by atoms with Crippen molar-refractivity contribution in [2.75, 3.05) is 0 Å². The molecule has 0 unspecified atom stereocenters. The Morgan fingerprint density at radius 1 is 0.180 bits per heavy atom. The van der Waals surface area contributed by atoms with Gasteiger partial charge in [0.05, 0.1) is 66.6 Å². The number of aromatic nitrogens is 16. The Labute approximate surface area is 693 Å². The van der Waals surface area contributed by atoms with E-state index in [9.17, 15) is 0 Å². The molecule has 0 spiro atoms. The summed E-state index contributed by atoms with van der Waals surface area (Å²) in [6, 6.07) is 125. The molecule has 0 saturated carbocycles. The highest BCUT2D eigenvalue weighted by molar-refractivity contribution is 6.27. The minimum Gasteiger partial charge on any atom is -0.276 e. The average Bonchev–Trinajstić information content (AvgIpc) is 1.53. The molecule has 0 bridgehead atoms. The molecule has 0 saturated heterocycles. The topological polar surface area (TPSA) is 193 Å². The molecule has 0 fully saturated rings. The van der Waals surface area contributed by atoms with Gasteiger partial charge in [-0.25, -0.2) is 29.9 Å². The Morgan fingerprint density at radius 2 is 0.459 bits per heavy atom. The second kappa shape index (κ2) is 27.8. The Balaban J connectivity index is 0.700. The highest BCUT2D eigenvalue weighted by atomic mass is 16.1. The molecule has 0 atom stereocenters. The van der Waals surface area contributed by atoms with Crippen LogP contribution in [0.2, 0.25) is 0 Å². The van der Waals surface area contributed by atoms with Gasteiger partial charge in [-0.2, -0.15) is 19.9 Å². The van der Waals surface area contributed by atoms with Crippen molar-refractivity contribution in [2.24, 2.45) is 0 Å². The first kappa shape index (κ1) is 69.2. The zero-order valence-corrected chi connectivity index (χ0v) is 64.8. The molecule has 24 rings (SSSR count). The number of pyridine rings is 2. The first-order chi connectivity index (χ1) is 60.4. The Hall–Kier alpha value is -17.1. The van der Waals surface area contributed by atoms with Crippen molar-refractivity contribution in [3.8, 4) is 114 Å². The largest absolute Gasteiger partial charge is 0.280 e. The van der Waals surface area contributed by atoms with Crippen molar-refractivity contribution in [3.63, 3.8) is 0 Å². The summed E-state index contributed by atoms with van der Waals surface area (Å²) in [5, 5.41) is 6.31. The van der Waals surface area contributed by atoms with Crippen LogP contribution in [-0.2, 0) is 0 Å². The van der Waals surface area contributed by atoms with Crippen molar-refractivity contribution < 1.29 is 0 Å². The summed E-state index contributed by atoms with van der Waals surface area (Å²) in [5.41, 5.74) is 16.8. The Bertz CT molecular complexity index is 8500. The van der Waals surface area contributed by atoms with Crippen molar-refractivity contribution in [3.05, 3.63) is 397 Å². The van der Waals surface area contributed by atoms with Gasteiger partial charge >= 0.3 is 0 Å². The maximum atomic E-state index is 16.6. The van der Waals surface area contributed by atoms with Crippen LogP contribution in [0.1, 0.15) is 0 Å². The monoisotopic (exact) mass is 1570 g/mol. The van der Waals surface area contributed by atoms with Crippen LogP contribution in [0.4, 0.5) is 0 Å². The van der Waals surface area contributed by atoms with Gasteiger partial charge < -0.3 is 0 Å². The fraction of sp³-hybridized carbons (Fsp3) is 0. The molecule has 0 aliphatic rings. The van der Waals surface area contributed by atoms with Crippen molar-refractivity contribution >= 4 is 109 Å². The predicted molar refractivity (Wildman–Crippen MR) is 486 cm³/mol. The SMILES string of the molecule is O=c1c2c(c3ccccc3n2-c2nc(-c3ccccc3)nc(-c3ccccc3)n2)c2c(c3ccccc3n2-c2nc(-c3ccccc3)nc(-c3cccc(-c4cccc(-c5nc(-n6c7ccccc7c7c6c(=O)n(-c6ccccc6)c6c8ccccc8n(-c8nc(-c9ccccc9)c9ccccc9n8)c76)nc6ccccc56)c4)c3)n2)n1-c1ccccc1. The standard InChI is InChI=1S/C104H62N16O2/c121-99-93-85(91-89(115(99)71-45-15-5-16-46-71)77-53-23-29-59-83(77)117(91)101-105-79-55-25-19-49-73(79)87(107-101)63-33-7-1-8-34-63)75-51-21-27-57-81(75)119(93)102-106-80-56-26-20-50-74(80)88(108-102)69-43-31-41-67(61-69)68-42-32-44-70(62-68)98-110-97(66-39-13-4-14-40-66)111-103(114-98)118-84-60-30-24-54-78(84)90-92(118)86-76-52-22-28-58-82(76)120(94(86)100(122)116(90)72-47-17-6-18-48-72)104-112-95(64-35-9-2-10-36-64)109-96(113-104)65-37-11-3-12-38-65/h1-62H. The molecule has 0 N–H and O–H groups in total. The molecule has 0 aliphatic carbocycles. The van der Waals surface area contributed by atoms with Crippen LogP contribution in [0.15, 0.2) is 386 Å². The molecule has 0 amide bonds. The summed E-state index contributed by atoms with van der Waals surface area (Å²) >= 11 is 0. The third kappa shape index (κ3) is 10.9. The second-order valence-electron chi connectivity index (χ2n) is 30.2.